The van der Waals surface area contributed by atoms with Crippen LogP contribution in [0.3, 0.4) is 0 Å². The zero-order valence-electron chi connectivity index (χ0n) is 11.8. The van der Waals surface area contributed by atoms with Crippen LogP contribution in [0.25, 0.3) is 0 Å². The predicted molar refractivity (Wildman–Crippen MR) is 74.6 cm³/mol. The molecule has 0 bridgehead atoms. The van der Waals surface area contributed by atoms with E-state index in [1.165, 1.54) is 12.6 Å². The molecule has 2 rings (SSSR count). The molecule has 0 spiro atoms. The van der Waals surface area contributed by atoms with E-state index in [0.717, 1.165) is 12.8 Å². The number of nitrogen functional groups attached to an aromatic ring is 1. The maximum atomic E-state index is 9.10. The minimum atomic E-state index is 0.127. The van der Waals surface area contributed by atoms with E-state index < -0.39 is 0 Å². The van der Waals surface area contributed by atoms with Crippen molar-refractivity contribution < 1.29 is 4.74 Å². The van der Waals surface area contributed by atoms with Gasteiger partial charge in [0.1, 0.15) is 17.7 Å². The van der Waals surface area contributed by atoms with Gasteiger partial charge in [-0.1, -0.05) is 20.8 Å². The summed E-state index contributed by atoms with van der Waals surface area (Å²) < 4.78 is 5.95. The van der Waals surface area contributed by atoms with Crippen molar-refractivity contribution in [1.29, 1.82) is 5.26 Å². The number of hydrogen-bond donors (Lipinski definition) is 1. The second-order valence-corrected chi connectivity index (χ2v) is 6.39. The lowest BCUT2D eigenvalue weighted by Crippen LogP contribution is -2.34. The molecule has 0 amide bonds. The van der Waals surface area contributed by atoms with Crippen LogP contribution in [0, 0.1) is 22.7 Å². The highest BCUT2D eigenvalue weighted by Crippen LogP contribution is 2.40. The Hall–Kier alpha value is -1.76. The summed E-state index contributed by atoms with van der Waals surface area (Å²) in [5.74, 6) is 1.04. The van der Waals surface area contributed by atoms with Crippen LogP contribution in [0.15, 0.2) is 12.3 Å². The van der Waals surface area contributed by atoms with Gasteiger partial charge in [0, 0.05) is 0 Å². The highest BCUT2D eigenvalue weighted by Gasteiger charge is 2.33. The summed E-state index contributed by atoms with van der Waals surface area (Å²) in [6, 6.07) is 3.70. The van der Waals surface area contributed by atoms with Crippen molar-refractivity contribution in [2.45, 2.75) is 46.1 Å². The Kier molecular flexibility index (Phi) is 3.66. The standard InChI is InChI=1S/C15H21N3O/c1-10-4-13(7-15(2,3)6-10)19-14-11(8-16)5-12(17)9-18-14/h5,9-10,13H,4,6-7,17H2,1-3H3. The lowest BCUT2D eigenvalue weighted by atomic mass is 9.71. The number of aromatic nitrogens is 1. The van der Waals surface area contributed by atoms with Gasteiger partial charge in [0.25, 0.3) is 0 Å². The Morgan fingerprint density at radius 2 is 2.21 bits per heavy atom. The average molecular weight is 259 g/mol. The van der Waals surface area contributed by atoms with Crippen LogP contribution >= 0.6 is 0 Å². The van der Waals surface area contributed by atoms with E-state index in [1.54, 1.807) is 6.07 Å². The minimum Gasteiger partial charge on any atom is -0.473 e. The SMILES string of the molecule is CC1CC(Oc2ncc(N)cc2C#N)CC(C)(C)C1. The molecule has 0 saturated heterocycles. The van der Waals surface area contributed by atoms with Gasteiger partial charge >= 0.3 is 0 Å². The fourth-order valence-electron chi connectivity index (χ4n) is 3.15. The zero-order valence-corrected chi connectivity index (χ0v) is 11.8. The van der Waals surface area contributed by atoms with Gasteiger partial charge in [0.15, 0.2) is 0 Å². The van der Waals surface area contributed by atoms with E-state index in [9.17, 15) is 0 Å². The van der Waals surface area contributed by atoms with Gasteiger partial charge in [-0.2, -0.15) is 5.26 Å². The zero-order chi connectivity index (χ0) is 14.0. The van der Waals surface area contributed by atoms with Crippen molar-refractivity contribution in [1.82, 2.24) is 4.98 Å². The molecular weight excluding hydrogens is 238 g/mol. The van der Waals surface area contributed by atoms with E-state index in [2.05, 4.69) is 31.8 Å². The van der Waals surface area contributed by atoms with E-state index >= 15 is 0 Å². The summed E-state index contributed by atoms with van der Waals surface area (Å²) in [5.41, 5.74) is 6.81. The third-order valence-corrected chi connectivity index (χ3v) is 3.62. The fourth-order valence-corrected chi connectivity index (χ4v) is 3.15. The van der Waals surface area contributed by atoms with Gasteiger partial charge in [0.05, 0.1) is 11.9 Å². The van der Waals surface area contributed by atoms with Crippen LogP contribution in [0.2, 0.25) is 0 Å². The van der Waals surface area contributed by atoms with Gasteiger partial charge in [0.2, 0.25) is 5.88 Å². The summed E-state index contributed by atoms with van der Waals surface area (Å²) in [7, 11) is 0. The number of ether oxygens (including phenoxy) is 1. The van der Waals surface area contributed by atoms with Crippen molar-refractivity contribution >= 4 is 5.69 Å². The number of nitrogens with two attached hydrogens (primary N) is 1. The summed E-state index contributed by atoms with van der Waals surface area (Å²) in [6.07, 6.45) is 4.89. The first-order chi connectivity index (χ1) is 8.89. The van der Waals surface area contributed by atoms with E-state index in [0.29, 0.717) is 23.0 Å². The molecule has 4 nitrogen and oxygen atoms in total. The maximum absolute atomic E-state index is 9.10. The first-order valence-electron chi connectivity index (χ1n) is 6.72. The number of rotatable bonds is 2. The first-order valence-corrected chi connectivity index (χ1v) is 6.72. The molecule has 1 aromatic heterocycles. The monoisotopic (exact) mass is 259 g/mol. The topological polar surface area (TPSA) is 71.9 Å². The van der Waals surface area contributed by atoms with Crippen molar-refractivity contribution in [3.63, 3.8) is 0 Å². The number of anilines is 1. The lowest BCUT2D eigenvalue weighted by Gasteiger charge is -2.38. The third kappa shape index (κ3) is 3.37. The number of hydrogen-bond acceptors (Lipinski definition) is 4. The number of nitriles is 1. The Labute approximate surface area is 114 Å². The van der Waals surface area contributed by atoms with Crippen LogP contribution in [-0.2, 0) is 0 Å². The van der Waals surface area contributed by atoms with Crippen molar-refractivity contribution in [2.24, 2.45) is 11.3 Å². The van der Waals surface area contributed by atoms with Crippen LogP contribution in [0.5, 0.6) is 5.88 Å². The molecule has 2 unspecified atom stereocenters. The molecule has 1 aromatic rings. The minimum absolute atomic E-state index is 0.127. The largest absolute Gasteiger partial charge is 0.473 e. The summed E-state index contributed by atoms with van der Waals surface area (Å²) in [6.45, 7) is 6.78. The quantitative estimate of drug-likeness (QED) is 0.885. The van der Waals surface area contributed by atoms with Gasteiger partial charge < -0.3 is 10.5 Å². The Morgan fingerprint density at radius 1 is 1.47 bits per heavy atom. The van der Waals surface area contributed by atoms with Crippen molar-refractivity contribution in [3.05, 3.63) is 17.8 Å². The molecule has 1 saturated carbocycles. The molecule has 1 fully saturated rings. The van der Waals surface area contributed by atoms with Gasteiger partial charge in [-0.05, 0) is 36.7 Å². The fraction of sp³-hybridized carbons (Fsp3) is 0.600. The molecule has 0 radical (unpaired) electrons. The van der Waals surface area contributed by atoms with Crippen molar-refractivity contribution in [2.75, 3.05) is 5.73 Å². The lowest BCUT2D eigenvalue weighted by molar-refractivity contribution is 0.0530. The molecule has 1 aliphatic rings. The van der Waals surface area contributed by atoms with E-state index in [1.807, 2.05) is 0 Å². The second-order valence-electron chi connectivity index (χ2n) is 6.39. The van der Waals surface area contributed by atoms with Crippen molar-refractivity contribution in [3.8, 4) is 11.9 Å². The predicted octanol–water partition coefficient (Wildman–Crippen LogP) is 3.13. The van der Waals surface area contributed by atoms with Gasteiger partial charge in [-0.15, -0.1) is 0 Å². The van der Waals surface area contributed by atoms with Gasteiger partial charge in [-0.25, -0.2) is 4.98 Å². The molecule has 2 N–H and O–H groups in total. The molecule has 102 valence electrons. The number of pyridine rings is 1. The molecule has 1 heterocycles. The smallest absolute Gasteiger partial charge is 0.232 e. The summed E-state index contributed by atoms with van der Waals surface area (Å²) in [4.78, 5) is 4.15. The highest BCUT2D eigenvalue weighted by atomic mass is 16.5. The molecule has 1 aliphatic carbocycles. The Morgan fingerprint density at radius 3 is 2.84 bits per heavy atom. The second kappa shape index (κ2) is 5.08. The van der Waals surface area contributed by atoms with Crippen LogP contribution in [-0.4, -0.2) is 11.1 Å². The van der Waals surface area contributed by atoms with Crippen LogP contribution < -0.4 is 10.5 Å². The first kappa shape index (κ1) is 13.7. The normalized spacial score (nSPS) is 25.6. The Balaban J connectivity index is 2.15. The summed E-state index contributed by atoms with van der Waals surface area (Å²) in [5, 5.41) is 9.10. The molecule has 4 heteroatoms. The maximum Gasteiger partial charge on any atom is 0.232 e. The average Bonchev–Trinajstić information content (AvgIpc) is 2.28. The molecule has 19 heavy (non-hydrogen) atoms. The number of nitrogens with zero attached hydrogens (tertiary/aromatic N) is 2. The van der Waals surface area contributed by atoms with E-state index in [4.69, 9.17) is 15.7 Å². The van der Waals surface area contributed by atoms with Gasteiger partial charge in [-0.3, -0.25) is 0 Å². The van der Waals surface area contributed by atoms with Crippen LogP contribution in [0.4, 0.5) is 5.69 Å². The van der Waals surface area contributed by atoms with Crippen LogP contribution in [0.1, 0.15) is 45.6 Å². The molecule has 0 aromatic carbocycles. The molecule has 2 atom stereocenters. The van der Waals surface area contributed by atoms with E-state index in [-0.39, 0.29) is 11.5 Å². The third-order valence-electron chi connectivity index (χ3n) is 3.62. The summed E-state index contributed by atoms with van der Waals surface area (Å²) >= 11 is 0. The molecule has 0 aliphatic heterocycles. The molecular formula is C15H21N3O. The Bertz CT molecular complexity index is 505. The highest BCUT2D eigenvalue weighted by molar-refractivity contribution is 5.48.